The van der Waals surface area contributed by atoms with E-state index in [0.717, 1.165) is 5.56 Å². The van der Waals surface area contributed by atoms with Crippen molar-refractivity contribution in [1.29, 1.82) is 0 Å². The van der Waals surface area contributed by atoms with Crippen molar-refractivity contribution in [1.82, 2.24) is 10.2 Å². The predicted octanol–water partition coefficient (Wildman–Crippen LogP) is 4.48. The third-order valence-corrected chi connectivity index (χ3v) is 4.93. The zero-order valence-electron chi connectivity index (χ0n) is 15.2. The molecule has 3 aromatic rings. The minimum atomic E-state index is -0.138. The minimum absolute atomic E-state index is 0.138. The lowest BCUT2D eigenvalue weighted by Crippen LogP contribution is -2.14. The van der Waals surface area contributed by atoms with Crippen molar-refractivity contribution in [3.8, 4) is 5.75 Å². The van der Waals surface area contributed by atoms with Gasteiger partial charge in [-0.05, 0) is 42.0 Å². The quantitative estimate of drug-likeness (QED) is 0.529. The van der Waals surface area contributed by atoms with Gasteiger partial charge in [-0.2, -0.15) is 0 Å². The van der Waals surface area contributed by atoms with E-state index in [4.69, 9.17) is 16.3 Å². The third kappa shape index (κ3) is 5.87. The summed E-state index contributed by atoms with van der Waals surface area (Å²) in [6.45, 7) is 0.625. The Bertz CT molecular complexity index is 920. The second kappa shape index (κ2) is 9.96. The maximum atomic E-state index is 12.1. The smallest absolute Gasteiger partial charge is 0.234 e. The molecule has 0 spiro atoms. The largest absolute Gasteiger partial charge is 0.495 e. The highest BCUT2D eigenvalue weighted by atomic mass is 35.5. The monoisotopic (exact) mass is 414 g/mol. The Balaban J connectivity index is 1.47. The van der Waals surface area contributed by atoms with Crippen molar-refractivity contribution in [2.75, 3.05) is 23.5 Å². The Kier molecular flexibility index (Phi) is 7.11. The molecule has 144 valence electrons. The predicted molar refractivity (Wildman–Crippen MR) is 113 cm³/mol. The number of amides is 1. The summed E-state index contributed by atoms with van der Waals surface area (Å²) in [4.78, 5) is 12.1. The van der Waals surface area contributed by atoms with Gasteiger partial charge in [0.2, 0.25) is 5.91 Å². The number of para-hydroxylation sites is 2. The molecule has 2 N–H and O–H groups in total. The maximum absolute atomic E-state index is 12.1. The summed E-state index contributed by atoms with van der Waals surface area (Å²) in [6.07, 6.45) is 0. The van der Waals surface area contributed by atoms with Gasteiger partial charge >= 0.3 is 0 Å². The molecule has 0 aliphatic heterocycles. The molecule has 8 heteroatoms. The molecule has 6 nitrogen and oxygen atoms in total. The van der Waals surface area contributed by atoms with Gasteiger partial charge < -0.3 is 15.4 Å². The SMILES string of the molecule is COc1ccccc1NC(=O)CSc1ccc(NCc2ccc(Cl)cc2)nn1. The molecule has 0 aliphatic rings. The van der Waals surface area contributed by atoms with Crippen LogP contribution in [0.4, 0.5) is 11.5 Å². The number of halogens is 1. The van der Waals surface area contributed by atoms with Crippen molar-refractivity contribution in [2.24, 2.45) is 0 Å². The first-order valence-electron chi connectivity index (χ1n) is 8.52. The van der Waals surface area contributed by atoms with Crippen LogP contribution in [0.2, 0.25) is 5.02 Å². The van der Waals surface area contributed by atoms with Crippen LogP contribution in [-0.4, -0.2) is 29.0 Å². The normalized spacial score (nSPS) is 10.4. The molecule has 0 radical (unpaired) electrons. The van der Waals surface area contributed by atoms with Crippen molar-refractivity contribution < 1.29 is 9.53 Å². The number of carbonyl (C=O) groups is 1. The van der Waals surface area contributed by atoms with Crippen LogP contribution in [0.1, 0.15) is 5.56 Å². The fourth-order valence-electron chi connectivity index (χ4n) is 2.36. The second-order valence-electron chi connectivity index (χ2n) is 5.77. The van der Waals surface area contributed by atoms with Gasteiger partial charge in [-0.1, -0.05) is 47.6 Å². The van der Waals surface area contributed by atoms with Gasteiger partial charge in [-0.3, -0.25) is 4.79 Å². The van der Waals surface area contributed by atoms with E-state index in [1.807, 2.05) is 48.5 Å². The van der Waals surface area contributed by atoms with Crippen LogP contribution in [0.15, 0.2) is 65.7 Å². The third-order valence-electron chi connectivity index (χ3n) is 3.76. The van der Waals surface area contributed by atoms with E-state index in [9.17, 15) is 4.79 Å². The molecule has 0 saturated carbocycles. The molecule has 0 saturated heterocycles. The van der Waals surface area contributed by atoms with Gasteiger partial charge in [-0.15, -0.1) is 10.2 Å². The first-order chi connectivity index (χ1) is 13.6. The van der Waals surface area contributed by atoms with E-state index in [1.54, 1.807) is 19.2 Å². The molecule has 1 aromatic heterocycles. The van der Waals surface area contributed by atoms with Crippen molar-refractivity contribution >= 4 is 40.8 Å². The summed E-state index contributed by atoms with van der Waals surface area (Å²) in [6, 6.07) is 18.5. The van der Waals surface area contributed by atoms with Crippen LogP contribution >= 0.6 is 23.4 Å². The summed E-state index contributed by atoms with van der Waals surface area (Å²) < 4.78 is 5.23. The Morgan fingerprint density at radius 2 is 1.86 bits per heavy atom. The highest BCUT2D eigenvalue weighted by Crippen LogP contribution is 2.24. The minimum Gasteiger partial charge on any atom is -0.495 e. The fraction of sp³-hybridized carbons (Fsp3) is 0.150. The highest BCUT2D eigenvalue weighted by molar-refractivity contribution is 7.99. The molecule has 3 rings (SSSR count). The van der Waals surface area contributed by atoms with Crippen LogP contribution < -0.4 is 15.4 Å². The van der Waals surface area contributed by atoms with E-state index < -0.39 is 0 Å². The van der Waals surface area contributed by atoms with E-state index >= 15 is 0 Å². The van der Waals surface area contributed by atoms with Gasteiger partial charge in [0.05, 0.1) is 18.6 Å². The van der Waals surface area contributed by atoms with Gasteiger partial charge in [0.15, 0.2) is 0 Å². The molecule has 0 unspecified atom stereocenters. The number of aromatic nitrogens is 2. The standard InChI is InChI=1S/C20H19ClN4O2S/c1-27-17-5-3-2-4-16(17)23-19(26)13-28-20-11-10-18(24-25-20)22-12-14-6-8-15(21)9-7-14/h2-11H,12-13H2,1H3,(H,22,24)(H,23,26). The van der Waals surface area contributed by atoms with Crippen LogP contribution in [0.5, 0.6) is 5.75 Å². The Labute approximate surface area is 172 Å². The summed E-state index contributed by atoms with van der Waals surface area (Å²) in [5.41, 5.74) is 1.74. The lowest BCUT2D eigenvalue weighted by Gasteiger charge is -2.09. The van der Waals surface area contributed by atoms with Gasteiger partial charge in [-0.25, -0.2) is 0 Å². The molecule has 2 aromatic carbocycles. The van der Waals surface area contributed by atoms with Gasteiger partial charge in [0.1, 0.15) is 16.6 Å². The number of benzene rings is 2. The Morgan fingerprint density at radius 1 is 1.07 bits per heavy atom. The Hall–Kier alpha value is -2.77. The van der Waals surface area contributed by atoms with Crippen molar-refractivity contribution in [3.05, 3.63) is 71.2 Å². The lowest BCUT2D eigenvalue weighted by atomic mass is 10.2. The first-order valence-corrected chi connectivity index (χ1v) is 9.88. The topological polar surface area (TPSA) is 76.1 Å². The summed E-state index contributed by atoms with van der Waals surface area (Å²) >= 11 is 7.20. The number of hydrogen-bond acceptors (Lipinski definition) is 6. The number of anilines is 2. The van der Waals surface area contributed by atoms with Crippen LogP contribution in [0.25, 0.3) is 0 Å². The fourth-order valence-corrected chi connectivity index (χ4v) is 3.10. The van der Waals surface area contributed by atoms with Crippen molar-refractivity contribution in [3.63, 3.8) is 0 Å². The number of rotatable bonds is 8. The van der Waals surface area contributed by atoms with E-state index in [2.05, 4.69) is 20.8 Å². The maximum Gasteiger partial charge on any atom is 0.234 e. The molecule has 1 heterocycles. The Morgan fingerprint density at radius 3 is 2.57 bits per heavy atom. The van der Waals surface area contributed by atoms with Gasteiger partial charge in [0, 0.05) is 11.6 Å². The van der Waals surface area contributed by atoms with Crippen molar-refractivity contribution in [2.45, 2.75) is 11.6 Å². The summed E-state index contributed by atoms with van der Waals surface area (Å²) in [5.74, 6) is 1.38. The van der Waals surface area contributed by atoms with Gasteiger partial charge in [0.25, 0.3) is 0 Å². The van der Waals surface area contributed by atoms with Crippen LogP contribution in [0, 0.1) is 0 Å². The van der Waals surface area contributed by atoms with E-state index in [-0.39, 0.29) is 11.7 Å². The molecule has 0 aliphatic carbocycles. The molecular weight excluding hydrogens is 396 g/mol. The lowest BCUT2D eigenvalue weighted by molar-refractivity contribution is -0.113. The van der Waals surface area contributed by atoms with E-state index in [1.165, 1.54) is 11.8 Å². The zero-order valence-corrected chi connectivity index (χ0v) is 16.8. The number of hydrogen-bond donors (Lipinski definition) is 2. The number of nitrogens with one attached hydrogen (secondary N) is 2. The summed E-state index contributed by atoms with van der Waals surface area (Å²) in [5, 5.41) is 15.7. The second-order valence-corrected chi connectivity index (χ2v) is 7.21. The highest BCUT2D eigenvalue weighted by Gasteiger charge is 2.08. The zero-order chi connectivity index (χ0) is 19.8. The van der Waals surface area contributed by atoms with Crippen LogP contribution in [0.3, 0.4) is 0 Å². The number of carbonyl (C=O) groups excluding carboxylic acids is 1. The number of nitrogens with zero attached hydrogens (tertiary/aromatic N) is 2. The number of ether oxygens (including phenoxy) is 1. The molecule has 0 bridgehead atoms. The molecule has 1 amide bonds. The number of methoxy groups -OCH3 is 1. The molecular formula is C20H19ClN4O2S. The average Bonchev–Trinajstić information content (AvgIpc) is 2.73. The molecule has 28 heavy (non-hydrogen) atoms. The molecule has 0 atom stereocenters. The number of thioether (sulfide) groups is 1. The van der Waals surface area contributed by atoms with E-state index in [0.29, 0.717) is 33.8 Å². The van der Waals surface area contributed by atoms with Crippen LogP contribution in [-0.2, 0) is 11.3 Å². The molecule has 0 fully saturated rings. The summed E-state index contributed by atoms with van der Waals surface area (Å²) in [7, 11) is 1.57. The average molecular weight is 415 g/mol. The first kappa shape index (κ1) is 20.0.